The summed E-state index contributed by atoms with van der Waals surface area (Å²) in [5, 5.41) is 0.343. The number of fused-ring (bicyclic) bond motifs is 1. The first-order valence-corrected chi connectivity index (χ1v) is 11.0. The van der Waals surface area contributed by atoms with Crippen LogP contribution in [0.25, 0.3) is 0 Å². The van der Waals surface area contributed by atoms with Crippen LogP contribution in [-0.2, 0) is 16.1 Å². The summed E-state index contributed by atoms with van der Waals surface area (Å²) in [6, 6.07) is 8.26. The number of benzene rings is 1. The monoisotopic (exact) mass is 437 g/mol. The van der Waals surface area contributed by atoms with E-state index in [4.69, 9.17) is 4.74 Å². The van der Waals surface area contributed by atoms with E-state index < -0.39 is 0 Å². The lowest BCUT2D eigenvalue weighted by atomic mass is 10.1. The number of allylic oxidation sites excluding steroid dienone is 3. The van der Waals surface area contributed by atoms with Gasteiger partial charge in [-0.1, -0.05) is 69.2 Å². The molecule has 1 aliphatic rings. The van der Waals surface area contributed by atoms with E-state index in [0.29, 0.717) is 25.0 Å². The minimum Gasteiger partial charge on any atom is -0.361 e. The molecule has 1 aromatic carbocycles. The second-order valence-electron chi connectivity index (χ2n) is 6.77. The molecule has 3 nitrogen and oxygen atoms in total. The molecule has 0 spiro atoms. The summed E-state index contributed by atoms with van der Waals surface area (Å²) in [6.07, 6.45) is 6.56. The molecule has 0 saturated carbocycles. The third-order valence-corrected chi connectivity index (χ3v) is 5.91. The standard InChI is InChI=1S/C21H28BrNO2S/c1-16(2)7-6-8-17(3)11-12-25-21-15-23(20(24)13-22)14-18-9-4-5-10-19(18)26-21/h4-5,7,9-11,21H,6,8,12-15H2,1-3H3. The highest BCUT2D eigenvalue weighted by Gasteiger charge is 2.25. The third kappa shape index (κ3) is 6.93. The predicted molar refractivity (Wildman–Crippen MR) is 114 cm³/mol. The average molecular weight is 438 g/mol. The van der Waals surface area contributed by atoms with Crippen LogP contribution in [0.4, 0.5) is 0 Å². The van der Waals surface area contributed by atoms with Crippen molar-refractivity contribution in [1.29, 1.82) is 0 Å². The fourth-order valence-corrected chi connectivity index (χ4v) is 4.21. The van der Waals surface area contributed by atoms with Crippen LogP contribution in [0.3, 0.4) is 0 Å². The minimum atomic E-state index is -0.0523. The second kappa shape index (κ2) is 11.0. The van der Waals surface area contributed by atoms with Crippen LogP contribution < -0.4 is 0 Å². The molecule has 142 valence electrons. The van der Waals surface area contributed by atoms with Crippen molar-refractivity contribution in [1.82, 2.24) is 4.90 Å². The lowest BCUT2D eigenvalue weighted by Crippen LogP contribution is -2.36. The van der Waals surface area contributed by atoms with E-state index >= 15 is 0 Å². The molecule has 1 aromatic rings. The van der Waals surface area contributed by atoms with E-state index in [0.717, 1.165) is 12.8 Å². The van der Waals surface area contributed by atoms with Crippen molar-refractivity contribution < 1.29 is 9.53 Å². The van der Waals surface area contributed by atoms with Crippen LogP contribution in [0.1, 0.15) is 39.2 Å². The Morgan fingerprint density at radius 2 is 2.08 bits per heavy atom. The van der Waals surface area contributed by atoms with Crippen molar-refractivity contribution in [2.24, 2.45) is 0 Å². The van der Waals surface area contributed by atoms with E-state index in [1.54, 1.807) is 11.8 Å². The van der Waals surface area contributed by atoms with Gasteiger partial charge in [-0.15, -0.1) is 0 Å². The van der Waals surface area contributed by atoms with E-state index in [1.165, 1.54) is 21.6 Å². The maximum Gasteiger partial charge on any atom is 0.233 e. The molecule has 1 unspecified atom stereocenters. The summed E-state index contributed by atoms with van der Waals surface area (Å²) in [5.41, 5.74) is 3.84. The maximum atomic E-state index is 12.2. The zero-order chi connectivity index (χ0) is 18.9. The zero-order valence-electron chi connectivity index (χ0n) is 15.8. The average Bonchev–Trinajstić information content (AvgIpc) is 2.79. The first kappa shape index (κ1) is 21.3. The first-order chi connectivity index (χ1) is 12.5. The van der Waals surface area contributed by atoms with Gasteiger partial charge < -0.3 is 9.64 Å². The Morgan fingerprint density at radius 3 is 2.81 bits per heavy atom. The smallest absolute Gasteiger partial charge is 0.233 e. The Morgan fingerprint density at radius 1 is 1.31 bits per heavy atom. The van der Waals surface area contributed by atoms with Crippen LogP contribution in [0.15, 0.2) is 52.5 Å². The van der Waals surface area contributed by atoms with Crippen molar-refractivity contribution in [2.75, 3.05) is 18.5 Å². The second-order valence-corrected chi connectivity index (χ2v) is 8.53. The maximum absolute atomic E-state index is 12.2. The molecule has 0 bridgehead atoms. The van der Waals surface area contributed by atoms with Crippen molar-refractivity contribution >= 4 is 33.6 Å². The number of hydrogen-bond acceptors (Lipinski definition) is 3. The van der Waals surface area contributed by atoms with Gasteiger partial charge in [0, 0.05) is 11.4 Å². The van der Waals surface area contributed by atoms with E-state index in [1.807, 2.05) is 17.0 Å². The molecule has 1 heterocycles. The third-order valence-electron chi connectivity index (χ3n) is 4.23. The fourth-order valence-electron chi connectivity index (χ4n) is 2.73. The zero-order valence-corrected chi connectivity index (χ0v) is 18.2. The largest absolute Gasteiger partial charge is 0.361 e. The van der Waals surface area contributed by atoms with Gasteiger partial charge in [-0.25, -0.2) is 0 Å². The number of carbonyl (C=O) groups is 1. The molecule has 1 aliphatic heterocycles. The molecule has 1 amide bonds. The minimum absolute atomic E-state index is 0.0523. The van der Waals surface area contributed by atoms with Gasteiger partial charge in [0.1, 0.15) is 5.44 Å². The van der Waals surface area contributed by atoms with Gasteiger partial charge in [-0.2, -0.15) is 0 Å². The van der Waals surface area contributed by atoms with Crippen LogP contribution in [-0.4, -0.2) is 34.7 Å². The summed E-state index contributed by atoms with van der Waals surface area (Å²) in [6.45, 7) is 8.24. The molecule has 0 aliphatic carbocycles. The number of nitrogens with zero attached hydrogens (tertiary/aromatic N) is 1. The molecular formula is C21H28BrNO2S. The Kier molecular flexibility index (Phi) is 8.96. The Balaban J connectivity index is 1.97. The molecule has 2 rings (SSSR count). The Hall–Kier alpha value is -1.04. The lowest BCUT2D eigenvalue weighted by molar-refractivity contribution is -0.129. The number of thioether (sulfide) groups is 1. The van der Waals surface area contributed by atoms with Crippen molar-refractivity contribution in [3.05, 3.63) is 53.1 Å². The number of amides is 1. The molecular weight excluding hydrogens is 410 g/mol. The van der Waals surface area contributed by atoms with E-state index in [9.17, 15) is 4.79 Å². The van der Waals surface area contributed by atoms with Crippen molar-refractivity contribution in [2.45, 2.75) is 50.5 Å². The summed E-state index contributed by atoms with van der Waals surface area (Å²) in [5.74, 6) is 0.101. The van der Waals surface area contributed by atoms with Crippen molar-refractivity contribution in [3.8, 4) is 0 Å². The van der Waals surface area contributed by atoms with Gasteiger partial charge in [0.2, 0.25) is 5.91 Å². The molecule has 0 fully saturated rings. The number of alkyl halides is 1. The fraction of sp³-hybridized carbons (Fsp3) is 0.476. The summed E-state index contributed by atoms with van der Waals surface area (Å²) in [7, 11) is 0. The Bertz CT molecular complexity index is 668. The van der Waals surface area contributed by atoms with Gasteiger partial charge >= 0.3 is 0 Å². The summed E-state index contributed by atoms with van der Waals surface area (Å²) >= 11 is 5.00. The van der Waals surface area contributed by atoms with Gasteiger partial charge in [0.05, 0.1) is 18.5 Å². The number of hydrogen-bond donors (Lipinski definition) is 0. The molecule has 5 heteroatoms. The molecule has 26 heavy (non-hydrogen) atoms. The van der Waals surface area contributed by atoms with Crippen LogP contribution in [0, 0.1) is 0 Å². The number of rotatable bonds is 7. The Labute approximate surface area is 170 Å². The van der Waals surface area contributed by atoms with E-state index in [-0.39, 0.29) is 11.3 Å². The summed E-state index contributed by atoms with van der Waals surface area (Å²) < 4.78 is 6.10. The predicted octanol–water partition coefficient (Wildman–Crippen LogP) is 5.55. The highest BCUT2D eigenvalue weighted by atomic mass is 79.9. The first-order valence-electron chi connectivity index (χ1n) is 8.98. The van der Waals surface area contributed by atoms with Crippen LogP contribution in [0.5, 0.6) is 0 Å². The van der Waals surface area contributed by atoms with Gasteiger partial charge in [-0.3, -0.25) is 4.79 Å². The quantitative estimate of drug-likeness (QED) is 0.413. The molecule has 0 radical (unpaired) electrons. The number of halogens is 1. The molecule has 0 N–H and O–H groups in total. The topological polar surface area (TPSA) is 29.5 Å². The summed E-state index contributed by atoms with van der Waals surface area (Å²) in [4.78, 5) is 15.3. The van der Waals surface area contributed by atoms with Gasteiger partial charge in [-0.05, 0) is 45.2 Å². The molecule has 0 aromatic heterocycles. The van der Waals surface area contributed by atoms with Crippen LogP contribution >= 0.6 is 27.7 Å². The van der Waals surface area contributed by atoms with E-state index in [2.05, 4.69) is 61.0 Å². The normalized spacial score (nSPS) is 17.5. The van der Waals surface area contributed by atoms with Crippen molar-refractivity contribution in [3.63, 3.8) is 0 Å². The highest BCUT2D eigenvalue weighted by Crippen LogP contribution is 2.32. The number of carbonyl (C=O) groups excluding carboxylic acids is 1. The van der Waals surface area contributed by atoms with Gasteiger partial charge in [0.15, 0.2) is 0 Å². The number of ether oxygens (including phenoxy) is 1. The van der Waals surface area contributed by atoms with Gasteiger partial charge in [0.25, 0.3) is 0 Å². The van der Waals surface area contributed by atoms with Crippen LogP contribution in [0.2, 0.25) is 0 Å². The highest BCUT2D eigenvalue weighted by molar-refractivity contribution is 9.09. The SMILES string of the molecule is CC(C)=CCCC(C)=CCOC1CN(C(=O)CBr)Cc2ccccc2S1. The molecule has 1 atom stereocenters. The lowest BCUT2D eigenvalue weighted by Gasteiger charge is -2.23. The molecule has 0 saturated heterocycles.